The number of nitrogens with zero attached hydrogens (tertiary/aromatic N) is 2. The Hall–Kier alpha value is -2.46. The van der Waals surface area contributed by atoms with Crippen molar-refractivity contribution < 1.29 is 22.8 Å². The Kier molecular flexibility index (Phi) is 4.73. The third kappa shape index (κ3) is 3.64. The summed E-state index contributed by atoms with van der Waals surface area (Å²) in [5.74, 6) is -0.578. The third-order valence-corrected chi connectivity index (χ3v) is 5.55. The first-order valence-electron chi connectivity index (χ1n) is 7.87. The van der Waals surface area contributed by atoms with Gasteiger partial charge in [0.1, 0.15) is 0 Å². The second-order valence-corrected chi connectivity index (χ2v) is 7.50. The summed E-state index contributed by atoms with van der Waals surface area (Å²) < 4.78 is 27.0. The molecule has 0 spiro atoms. The first kappa shape index (κ1) is 17.4. The van der Waals surface area contributed by atoms with E-state index >= 15 is 0 Å². The number of carbonyl (C=O) groups excluding carboxylic acids is 3. The maximum Gasteiger partial charge on any atom is 0.317 e. The number of anilines is 1. The van der Waals surface area contributed by atoms with Crippen molar-refractivity contribution in [1.82, 2.24) is 14.9 Å². The van der Waals surface area contributed by atoms with Crippen LogP contribution in [0.2, 0.25) is 0 Å². The van der Waals surface area contributed by atoms with Gasteiger partial charge in [0.25, 0.3) is 0 Å². The third-order valence-electron chi connectivity index (χ3n) is 4.08. The largest absolute Gasteiger partial charge is 0.336 e. The molecule has 10 heteroatoms. The van der Waals surface area contributed by atoms with Gasteiger partial charge in [-0.3, -0.25) is 14.5 Å². The van der Waals surface area contributed by atoms with E-state index in [1.165, 1.54) is 29.2 Å². The predicted octanol–water partition coefficient (Wildman–Crippen LogP) is -0.356. The lowest BCUT2D eigenvalue weighted by Gasteiger charge is -2.16. The number of rotatable bonds is 6. The minimum Gasteiger partial charge on any atom is -0.336 e. The van der Waals surface area contributed by atoms with Crippen molar-refractivity contribution in [1.29, 1.82) is 0 Å². The van der Waals surface area contributed by atoms with Crippen molar-refractivity contribution in [3.05, 3.63) is 24.3 Å². The molecule has 0 bridgehead atoms. The van der Waals surface area contributed by atoms with Crippen LogP contribution >= 0.6 is 0 Å². The average molecular weight is 366 g/mol. The number of amides is 4. The molecule has 1 aromatic rings. The highest BCUT2D eigenvalue weighted by molar-refractivity contribution is 7.89. The zero-order valence-corrected chi connectivity index (χ0v) is 14.2. The van der Waals surface area contributed by atoms with Gasteiger partial charge < -0.3 is 10.2 Å². The fourth-order valence-electron chi connectivity index (χ4n) is 2.76. The predicted molar refractivity (Wildman–Crippen MR) is 88.3 cm³/mol. The van der Waals surface area contributed by atoms with Crippen LogP contribution in [0.5, 0.6) is 0 Å². The van der Waals surface area contributed by atoms with Crippen LogP contribution < -0.4 is 14.9 Å². The van der Waals surface area contributed by atoms with E-state index in [1.54, 1.807) is 0 Å². The van der Waals surface area contributed by atoms with Gasteiger partial charge in [0.05, 0.1) is 10.6 Å². The van der Waals surface area contributed by atoms with Gasteiger partial charge in [0, 0.05) is 39.0 Å². The quantitative estimate of drug-likeness (QED) is 0.667. The fraction of sp³-hybridized carbons (Fsp3) is 0.400. The molecule has 134 valence electrons. The molecule has 0 saturated carbocycles. The van der Waals surface area contributed by atoms with Gasteiger partial charge in [-0.25, -0.2) is 17.9 Å². The monoisotopic (exact) mass is 366 g/mol. The lowest BCUT2D eigenvalue weighted by Crippen LogP contribution is -2.36. The molecule has 9 nitrogen and oxygen atoms in total. The maximum absolute atomic E-state index is 12.3. The summed E-state index contributed by atoms with van der Waals surface area (Å²) in [5, 5.41) is 2.64. The lowest BCUT2D eigenvalue weighted by atomic mass is 10.3. The molecule has 0 unspecified atom stereocenters. The lowest BCUT2D eigenvalue weighted by molar-refractivity contribution is -0.121. The summed E-state index contributed by atoms with van der Waals surface area (Å²) in [4.78, 5) is 37.4. The number of nitrogens with one attached hydrogen (secondary N) is 2. The SMILES string of the molecule is O=C1NCCN1CCNS(=O)(=O)c1ccc(N2C(=O)CCC2=O)cc1. The summed E-state index contributed by atoms with van der Waals surface area (Å²) in [7, 11) is -3.73. The van der Waals surface area contributed by atoms with Crippen molar-refractivity contribution in [2.45, 2.75) is 17.7 Å². The summed E-state index contributed by atoms with van der Waals surface area (Å²) in [6, 6.07) is 5.36. The number of carbonyl (C=O) groups is 3. The molecule has 0 aromatic heterocycles. The van der Waals surface area contributed by atoms with E-state index < -0.39 is 10.0 Å². The average Bonchev–Trinajstić information content (AvgIpc) is 3.13. The van der Waals surface area contributed by atoms with Crippen molar-refractivity contribution in [3.63, 3.8) is 0 Å². The number of hydrogen-bond acceptors (Lipinski definition) is 5. The molecule has 2 aliphatic heterocycles. The molecule has 4 amide bonds. The number of imide groups is 1. The molecule has 2 N–H and O–H groups in total. The molecule has 0 radical (unpaired) electrons. The van der Waals surface area contributed by atoms with Crippen LogP contribution in [0.4, 0.5) is 10.5 Å². The molecule has 3 rings (SSSR count). The second kappa shape index (κ2) is 6.81. The fourth-order valence-corrected chi connectivity index (χ4v) is 3.78. The van der Waals surface area contributed by atoms with E-state index in [4.69, 9.17) is 0 Å². The normalized spacial score (nSPS) is 18.2. The molecular weight excluding hydrogens is 348 g/mol. The molecule has 2 fully saturated rings. The number of hydrogen-bond donors (Lipinski definition) is 2. The van der Waals surface area contributed by atoms with Crippen LogP contribution in [-0.4, -0.2) is 57.3 Å². The van der Waals surface area contributed by atoms with Crippen LogP contribution in [0.1, 0.15) is 12.8 Å². The Morgan fingerprint density at radius 1 is 1.04 bits per heavy atom. The number of urea groups is 1. The molecular formula is C15H18N4O5S. The molecule has 2 aliphatic rings. The van der Waals surface area contributed by atoms with E-state index in [2.05, 4.69) is 10.0 Å². The maximum atomic E-state index is 12.3. The Labute approximate surface area is 145 Å². The minimum atomic E-state index is -3.73. The van der Waals surface area contributed by atoms with E-state index in [1.807, 2.05) is 0 Å². The molecule has 2 saturated heterocycles. The summed E-state index contributed by atoms with van der Waals surface area (Å²) in [6.07, 6.45) is 0.342. The van der Waals surface area contributed by atoms with Gasteiger partial charge in [-0.1, -0.05) is 0 Å². The van der Waals surface area contributed by atoms with Crippen molar-refractivity contribution in [2.24, 2.45) is 0 Å². The number of sulfonamides is 1. The van der Waals surface area contributed by atoms with Gasteiger partial charge in [-0.05, 0) is 24.3 Å². The summed E-state index contributed by atoms with van der Waals surface area (Å²) >= 11 is 0. The zero-order chi connectivity index (χ0) is 18.0. The first-order chi connectivity index (χ1) is 11.9. The van der Waals surface area contributed by atoms with E-state index in [9.17, 15) is 22.8 Å². The van der Waals surface area contributed by atoms with Crippen molar-refractivity contribution in [2.75, 3.05) is 31.1 Å². The van der Waals surface area contributed by atoms with Gasteiger partial charge in [-0.15, -0.1) is 0 Å². The van der Waals surface area contributed by atoms with Gasteiger partial charge in [-0.2, -0.15) is 0 Å². The Balaban J connectivity index is 1.63. The highest BCUT2D eigenvalue weighted by Gasteiger charge is 2.30. The highest BCUT2D eigenvalue weighted by atomic mass is 32.2. The molecule has 1 aromatic carbocycles. The minimum absolute atomic E-state index is 0.0289. The Morgan fingerprint density at radius 3 is 2.24 bits per heavy atom. The van der Waals surface area contributed by atoms with E-state index in [-0.39, 0.29) is 48.7 Å². The van der Waals surface area contributed by atoms with Crippen LogP contribution in [0.15, 0.2) is 29.2 Å². The van der Waals surface area contributed by atoms with Crippen molar-refractivity contribution in [3.8, 4) is 0 Å². The van der Waals surface area contributed by atoms with Crippen LogP contribution in [-0.2, 0) is 19.6 Å². The molecule has 25 heavy (non-hydrogen) atoms. The van der Waals surface area contributed by atoms with E-state index in [0.29, 0.717) is 18.8 Å². The summed E-state index contributed by atoms with van der Waals surface area (Å²) in [6.45, 7) is 1.48. The van der Waals surface area contributed by atoms with E-state index in [0.717, 1.165) is 4.90 Å². The Bertz CT molecular complexity index is 790. The van der Waals surface area contributed by atoms with Crippen LogP contribution in [0.25, 0.3) is 0 Å². The molecule has 0 atom stereocenters. The topological polar surface area (TPSA) is 116 Å². The van der Waals surface area contributed by atoms with Crippen molar-refractivity contribution >= 4 is 33.6 Å². The number of benzene rings is 1. The molecule has 0 aliphatic carbocycles. The zero-order valence-electron chi connectivity index (χ0n) is 13.4. The second-order valence-electron chi connectivity index (χ2n) is 5.73. The highest BCUT2D eigenvalue weighted by Crippen LogP contribution is 2.23. The molecule has 2 heterocycles. The Morgan fingerprint density at radius 2 is 1.68 bits per heavy atom. The van der Waals surface area contributed by atoms with Gasteiger partial charge in [0.2, 0.25) is 21.8 Å². The summed E-state index contributed by atoms with van der Waals surface area (Å²) in [5.41, 5.74) is 0.361. The van der Waals surface area contributed by atoms with Crippen LogP contribution in [0.3, 0.4) is 0 Å². The standard InChI is InChI=1S/C15H18N4O5S/c20-13-5-6-14(21)19(13)11-1-3-12(4-2-11)25(23,24)17-8-10-18-9-7-16-15(18)22/h1-4,17H,5-10H2,(H,16,22). The van der Waals surface area contributed by atoms with Gasteiger partial charge >= 0.3 is 6.03 Å². The van der Waals surface area contributed by atoms with Crippen LogP contribution in [0, 0.1) is 0 Å². The smallest absolute Gasteiger partial charge is 0.317 e. The van der Waals surface area contributed by atoms with Gasteiger partial charge in [0.15, 0.2) is 0 Å². The first-order valence-corrected chi connectivity index (χ1v) is 9.35.